The maximum absolute atomic E-state index is 5.48. The first-order valence-electron chi connectivity index (χ1n) is 9.79. The molecule has 4 heterocycles. The van der Waals surface area contributed by atoms with Crippen LogP contribution in [0.25, 0.3) is 27.1 Å². The highest BCUT2D eigenvalue weighted by molar-refractivity contribution is 7.19. The van der Waals surface area contributed by atoms with E-state index in [1.54, 1.807) is 0 Å². The van der Waals surface area contributed by atoms with Gasteiger partial charge in [0.2, 0.25) is 0 Å². The Morgan fingerprint density at radius 1 is 1.07 bits per heavy atom. The van der Waals surface area contributed by atoms with Crippen LogP contribution in [0.1, 0.15) is 22.7 Å². The highest BCUT2D eigenvalue weighted by atomic mass is 32.1. The first-order chi connectivity index (χ1) is 13.9. The molecule has 0 spiro atoms. The quantitative estimate of drug-likeness (QED) is 0.534. The fourth-order valence-electron chi connectivity index (χ4n) is 4.23. The van der Waals surface area contributed by atoms with Gasteiger partial charge >= 0.3 is 0 Å². The average Bonchev–Trinajstić information content (AvgIpc) is 3.42. The number of aryl methyl sites for hydroxylation is 2. The number of ether oxygens (including phenoxy) is 1. The van der Waals surface area contributed by atoms with E-state index in [1.807, 2.05) is 34.2 Å². The number of rotatable bonds is 3. The molecule has 6 rings (SSSR count). The van der Waals surface area contributed by atoms with Crippen LogP contribution in [0, 0.1) is 0 Å². The monoisotopic (exact) mass is 392 g/mol. The van der Waals surface area contributed by atoms with Crippen LogP contribution in [-0.2, 0) is 24.1 Å². The van der Waals surface area contributed by atoms with Gasteiger partial charge in [-0.3, -0.25) is 4.90 Å². The Labute approximate surface area is 166 Å². The van der Waals surface area contributed by atoms with E-state index in [2.05, 4.69) is 21.3 Å². The number of thiophene rings is 1. The minimum absolute atomic E-state index is 0.738. The van der Waals surface area contributed by atoms with Crippen LogP contribution < -0.4 is 0 Å². The number of aromatic nitrogens is 5. The molecule has 142 valence electrons. The lowest BCUT2D eigenvalue weighted by Gasteiger charge is -2.25. The minimum Gasteiger partial charge on any atom is -0.379 e. The van der Waals surface area contributed by atoms with E-state index < -0.39 is 0 Å². The van der Waals surface area contributed by atoms with Crippen LogP contribution >= 0.6 is 11.3 Å². The van der Waals surface area contributed by atoms with Crippen LogP contribution in [0.2, 0.25) is 0 Å². The molecule has 3 aromatic heterocycles. The molecule has 0 bridgehead atoms. The van der Waals surface area contributed by atoms with Gasteiger partial charge in [-0.15, -0.1) is 16.4 Å². The lowest BCUT2D eigenvalue weighted by atomic mass is 10.2. The Morgan fingerprint density at radius 3 is 2.89 bits per heavy atom. The SMILES string of the molecule is c1ccc2c(c1)nnn2-c1nc(CN2CCOCC2)nc2sc3c(c12)CCC3. The van der Waals surface area contributed by atoms with Crippen molar-refractivity contribution in [2.24, 2.45) is 0 Å². The molecule has 8 heteroatoms. The third-order valence-corrected chi connectivity index (χ3v) is 6.80. The topological polar surface area (TPSA) is 69.0 Å². The molecule has 28 heavy (non-hydrogen) atoms. The van der Waals surface area contributed by atoms with E-state index in [-0.39, 0.29) is 0 Å². The Bertz CT molecular complexity index is 1180. The average molecular weight is 392 g/mol. The number of para-hydroxylation sites is 1. The van der Waals surface area contributed by atoms with Crippen molar-refractivity contribution in [3.63, 3.8) is 0 Å². The highest BCUT2D eigenvalue weighted by Crippen LogP contribution is 2.39. The maximum Gasteiger partial charge on any atom is 0.168 e. The van der Waals surface area contributed by atoms with E-state index >= 15 is 0 Å². The van der Waals surface area contributed by atoms with Gasteiger partial charge in [0.25, 0.3) is 0 Å². The zero-order valence-corrected chi connectivity index (χ0v) is 16.3. The summed E-state index contributed by atoms with van der Waals surface area (Å²) in [5, 5.41) is 9.98. The van der Waals surface area contributed by atoms with E-state index in [0.29, 0.717) is 0 Å². The first kappa shape index (κ1) is 16.5. The number of benzene rings is 1. The number of hydrogen-bond acceptors (Lipinski definition) is 7. The minimum atomic E-state index is 0.738. The summed E-state index contributed by atoms with van der Waals surface area (Å²) in [7, 11) is 0. The molecule has 1 aliphatic carbocycles. The molecule has 0 atom stereocenters. The van der Waals surface area contributed by atoms with E-state index in [4.69, 9.17) is 14.7 Å². The Morgan fingerprint density at radius 2 is 1.96 bits per heavy atom. The summed E-state index contributed by atoms with van der Waals surface area (Å²) in [5.41, 5.74) is 3.28. The second kappa shape index (κ2) is 6.58. The third kappa shape index (κ3) is 2.63. The number of morpholine rings is 1. The highest BCUT2D eigenvalue weighted by Gasteiger charge is 2.25. The third-order valence-electron chi connectivity index (χ3n) is 5.61. The van der Waals surface area contributed by atoms with Gasteiger partial charge in [0.05, 0.1) is 30.7 Å². The van der Waals surface area contributed by atoms with Crippen LogP contribution in [0.3, 0.4) is 0 Å². The van der Waals surface area contributed by atoms with Crippen molar-refractivity contribution < 1.29 is 4.74 Å². The van der Waals surface area contributed by atoms with Crippen LogP contribution in [-0.4, -0.2) is 56.2 Å². The zero-order valence-electron chi connectivity index (χ0n) is 15.5. The molecule has 4 aromatic rings. The summed E-state index contributed by atoms with van der Waals surface area (Å²) < 4.78 is 7.37. The summed E-state index contributed by atoms with van der Waals surface area (Å²) in [4.78, 5) is 14.9. The molecule has 2 aliphatic rings. The molecule has 0 saturated carbocycles. The summed E-state index contributed by atoms with van der Waals surface area (Å²) >= 11 is 1.82. The van der Waals surface area contributed by atoms with Gasteiger partial charge < -0.3 is 4.74 Å². The van der Waals surface area contributed by atoms with Crippen LogP contribution in [0.4, 0.5) is 0 Å². The Kier molecular flexibility index (Phi) is 3.88. The van der Waals surface area contributed by atoms with Gasteiger partial charge in [-0.2, -0.15) is 4.68 Å². The second-order valence-corrected chi connectivity index (χ2v) is 8.46. The van der Waals surface area contributed by atoms with Crippen molar-refractivity contribution in [2.75, 3.05) is 26.3 Å². The zero-order chi connectivity index (χ0) is 18.5. The standard InChI is InChI=1S/C20H20N6OS/c1-2-6-15-14(5-1)23-24-26(15)19-18-13-4-3-7-16(13)28-20(18)22-17(21-19)12-25-8-10-27-11-9-25/h1-2,5-6H,3-4,7-12H2. The van der Waals surface area contributed by atoms with Gasteiger partial charge in [-0.1, -0.05) is 17.3 Å². The fourth-order valence-corrected chi connectivity index (χ4v) is 5.50. The smallest absolute Gasteiger partial charge is 0.168 e. The predicted octanol–water partition coefficient (Wildman–Crippen LogP) is 2.75. The molecule has 0 amide bonds. The Balaban J connectivity index is 1.54. The molecule has 0 unspecified atom stereocenters. The van der Waals surface area contributed by atoms with E-state index in [1.165, 1.54) is 22.2 Å². The molecule has 1 fully saturated rings. The summed E-state index contributed by atoms with van der Waals surface area (Å²) in [6.07, 6.45) is 3.46. The molecular formula is C20H20N6OS. The van der Waals surface area contributed by atoms with Gasteiger partial charge in [-0.25, -0.2) is 9.97 Å². The molecule has 0 N–H and O–H groups in total. The molecule has 0 radical (unpaired) electrons. The lowest BCUT2D eigenvalue weighted by molar-refractivity contribution is 0.0331. The summed E-state index contributed by atoms with van der Waals surface area (Å²) in [6.45, 7) is 4.13. The Hall–Kier alpha value is -2.42. The lowest BCUT2D eigenvalue weighted by Crippen LogP contribution is -2.36. The first-order valence-corrected chi connectivity index (χ1v) is 10.6. The normalized spacial score (nSPS) is 17.6. The number of hydrogen-bond donors (Lipinski definition) is 0. The van der Waals surface area contributed by atoms with Crippen molar-refractivity contribution in [1.82, 2.24) is 29.9 Å². The molecule has 1 aliphatic heterocycles. The number of nitrogens with zero attached hydrogens (tertiary/aromatic N) is 6. The van der Waals surface area contributed by atoms with Crippen LogP contribution in [0.5, 0.6) is 0 Å². The summed E-state index contributed by atoms with van der Waals surface area (Å²) in [6, 6.07) is 8.05. The van der Waals surface area contributed by atoms with E-state index in [9.17, 15) is 0 Å². The molecule has 1 saturated heterocycles. The largest absolute Gasteiger partial charge is 0.379 e. The second-order valence-electron chi connectivity index (χ2n) is 7.38. The van der Waals surface area contributed by atoms with E-state index in [0.717, 1.165) is 73.2 Å². The molecule has 7 nitrogen and oxygen atoms in total. The van der Waals surface area contributed by atoms with Crippen molar-refractivity contribution >= 4 is 32.6 Å². The fraction of sp³-hybridized carbons (Fsp3) is 0.400. The van der Waals surface area contributed by atoms with Gasteiger partial charge in [0, 0.05) is 18.0 Å². The van der Waals surface area contributed by atoms with Crippen molar-refractivity contribution in [3.8, 4) is 5.82 Å². The predicted molar refractivity (Wildman–Crippen MR) is 108 cm³/mol. The van der Waals surface area contributed by atoms with Crippen LogP contribution in [0.15, 0.2) is 24.3 Å². The summed E-state index contributed by atoms with van der Waals surface area (Å²) in [5.74, 6) is 1.73. The number of fused-ring (bicyclic) bond motifs is 4. The molecule has 1 aromatic carbocycles. The maximum atomic E-state index is 5.48. The van der Waals surface area contributed by atoms with Gasteiger partial charge in [-0.05, 0) is 37.0 Å². The molecular weight excluding hydrogens is 372 g/mol. The van der Waals surface area contributed by atoms with Gasteiger partial charge in [0.1, 0.15) is 16.2 Å². The van der Waals surface area contributed by atoms with Gasteiger partial charge in [0.15, 0.2) is 5.82 Å². The van der Waals surface area contributed by atoms with Crippen molar-refractivity contribution in [2.45, 2.75) is 25.8 Å². The van der Waals surface area contributed by atoms with Crippen molar-refractivity contribution in [3.05, 3.63) is 40.5 Å². The van der Waals surface area contributed by atoms with Crippen molar-refractivity contribution in [1.29, 1.82) is 0 Å².